The standard InChI is InChI=1S/C18H27B8NO2/c1-17(2)18(3,4)29-26(28-17)14-8(20)6-5-7(19)9(21)10(22)12(24)15(5)27-16(6)13(25)11(14)23/h27H,19-25H2,1-4H3. The molecule has 1 aromatic heterocycles. The zero-order valence-electron chi connectivity index (χ0n) is 19.9. The van der Waals surface area contributed by atoms with Crippen molar-refractivity contribution in [3.05, 3.63) is 0 Å². The van der Waals surface area contributed by atoms with Crippen LogP contribution in [0, 0.1) is 0 Å². The number of hydrogen-bond acceptors (Lipinski definition) is 2. The van der Waals surface area contributed by atoms with Gasteiger partial charge in [-0.3, -0.25) is 0 Å². The third-order valence-corrected chi connectivity index (χ3v) is 8.05. The molecule has 1 aliphatic rings. The molecule has 0 spiro atoms. The van der Waals surface area contributed by atoms with Gasteiger partial charge in [-0.05, 0) is 43.9 Å². The van der Waals surface area contributed by atoms with E-state index in [0.717, 1.165) is 0 Å². The smallest absolute Gasteiger partial charge is 0.399 e. The van der Waals surface area contributed by atoms with Crippen molar-refractivity contribution in [3.63, 3.8) is 0 Å². The number of fused-ring (bicyclic) bond motifs is 3. The van der Waals surface area contributed by atoms with Crippen LogP contribution in [0.3, 0.4) is 0 Å². The molecule has 1 N–H and O–H groups in total. The van der Waals surface area contributed by atoms with Gasteiger partial charge in [-0.2, -0.15) is 0 Å². The first-order chi connectivity index (χ1) is 13.3. The molecule has 29 heavy (non-hydrogen) atoms. The summed E-state index contributed by atoms with van der Waals surface area (Å²) in [6.45, 7) is 8.48. The normalized spacial score (nSPS) is 18.1. The second-order valence-corrected chi connectivity index (χ2v) is 10.0. The Bertz CT molecular complexity index is 1180. The first-order valence-electron chi connectivity index (χ1n) is 10.7. The predicted molar refractivity (Wildman–Crippen MR) is 149 cm³/mol. The Labute approximate surface area is 180 Å². The van der Waals surface area contributed by atoms with Gasteiger partial charge in [0.25, 0.3) is 0 Å². The SMILES string of the molecule is Bc1c(B)c(B)c2c([nH]c3c(B)c(B)c(B4OC(C)(C)C(C)(C)O4)c(B)c32)c1B. The maximum Gasteiger partial charge on any atom is 0.493 e. The Morgan fingerprint density at radius 1 is 0.586 bits per heavy atom. The van der Waals surface area contributed by atoms with Gasteiger partial charge in [-0.25, -0.2) is 0 Å². The fraction of sp³-hybridized carbons (Fsp3) is 0.333. The molecule has 3 nitrogen and oxygen atoms in total. The average Bonchev–Trinajstić information content (AvgIpc) is 3.12. The largest absolute Gasteiger partial charge is 0.493 e. The monoisotopic (exact) mass is 377 g/mol. The van der Waals surface area contributed by atoms with E-state index >= 15 is 0 Å². The number of H-pyrrole nitrogens is 1. The van der Waals surface area contributed by atoms with E-state index in [4.69, 9.17) is 9.31 Å². The van der Waals surface area contributed by atoms with Crippen molar-refractivity contribution < 1.29 is 9.31 Å². The quantitative estimate of drug-likeness (QED) is 0.429. The van der Waals surface area contributed by atoms with Crippen LogP contribution in [0.15, 0.2) is 0 Å². The molecule has 1 fully saturated rings. The van der Waals surface area contributed by atoms with Crippen molar-refractivity contribution in [1.82, 2.24) is 4.98 Å². The van der Waals surface area contributed by atoms with Crippen molar-refractivity contribution >= 4 is 128 Å². The molecule has 2 heterocycles. The van der Waals surface area contributed by atoms with Gasteiger partial charge in [-0.15, -0.1) is 5.46 Å². The van der Waals surface area contributed by atoms with Gasteiger partial charge in [0.15, 0.2) is 0 Å². The molecule has 0 atom stereocenters. The highest BCUT2D eigenvalue weighted by Crippen LogP contribution is 2.36. The fourth-order valence-electron chi connectivity index (χ4n) is 4.87. The van der Waals surface area contributed by atoms with Crippen LogP contribution in [0.2, 0.25) is 0 Å². The summed E-state index contributed by atoms with van der Waals surface area (Å²) in [6, 6.07) is 0. The minimum absolute atomic E-state index is 0.346. The van der Waals surface area contributed by atoms with Crippen LogP contribution in [-0.2, 0) is 9.31 Å². The van der Waals surface area contributed by atoms with Crippen LogP contribution in [0.5, 0.6) is 0 Å². The molecule has 1 aliphatic heterocycles. The van der Waals surface area contributed by atoms with Crippen LogP contribution < -0.4 is 43.7 Å². The number of hydrogen-bond donors (Lipinski definition) is 1. The van der Waals surface area contributed by atoms with Crippen molar-refractivity contribution in [1.29, 1.82) is 0 Å². The number of benzene rings is 2. The lowest BCUT2D eigenvalue weighted by Crippen LogP contribution is -2.57. The Hall–Kier alpha value is -1.32. The van der Waals surface area contributed by atoms with Crippen molar-refractivity contribution in [2.45, 2.75) is 38.9 Å². The van der Waals surface area contributed by atoms with E-state index in [2.05, 4.69) is 87.6 Å². The highest BCUT2D eigenvalue weighted by Gasteiger charge is 2.52. The van der Waals surface area contributed by atoms with E-state index in [-0.39, 0.29) is 18.3 Å². The van der Waals surface area contributed by atoms with Crippen LogP contribution >= 0.6 is 0 Å². The minimum atomic E-state index is -0.347. The molecular weight excluding hydrogens is 349 g/mol. The Balaban J connectivity index is 2.11. The number of aromatic nitrogens is 1. The van der Waals surface area contributed by atoms with Crippen LogP contribution in [0.4, 0.5) is 0 Å². The highest BCUT2D eigenvalue weighted by atomic mass is 16.7. The summed E-state index contributed by atoms with van der Waals surface area (Å²) in [7, 11) is 15.2. The predicted octanol–water partition coefficient (Wildman–Crippen LogP) is -8.57. The molecule has 0 aliphatic carbocycles. The molecule has 2 aromatic carbocycles. The third-order valence-electron chi connectivity index (χ3n) is 8.05. The fourth-order valence-corrected chi connectivity index (χ4v) is 4.87. The summed E-state index contributed by atoms with van der Waals surface area (Å²) in [6.07, 6.45) is 0. The summed E-state index contributed by atoms with van der Waals surface area (Å²) >= 11 is 0. The molecule has 11 heteroatoms. The van der Waals surface area contributed by atoms with E-state index < -0.39 is 0 Å². The summed E-state index contributed by atoms with van der Waals surface area (Å²) in [5, 5.41) is 2.66. The highest BCUT2D eigenvalue weighted by molar-refractivity contribution is 6.78. The molecule has 0 radical (unpaired) electrons. The van der Waals surface area contributed by atoms with Crippen LogP contribution in [-0.4, -0.2) is 78.2 Å². The van der Waals surface area contributed by atoms with Gasteiger partial charge < -0.3 is 14.3 Å². The zero-order valence-corrected chi connectivity index (χ0v) is 19.9. The van der Waals surface area contributed by atoms with E-state index in [0.29, 0.717) is 0 Å². The summed E-state index contributed by atoms with van der Waals surface area (Å²) < 4.78 is 12.9. The first-order valence-corrected chi connectivity index (χ1v) is 10.7. The molecule has 0 unspecified atom stereocenters. The zero-order chi connectivity index (χ0) is 21.6. The Morgan fingerprint density at radius 2 is 1.00 bits per heavy atom. The summed E-state index contributed by atoms with van der Waals surface area (Å²) in [5.41, 5.74) is 12.2. The van der Waals surface area contributed by atoms with Crippen molar-refractivity contribution in [2.75, 3.05) is 0 Å². The van der Waals surface area contributed by atoms with Gasteiger partial charge in [-0.1, -0.05) is 32.8 Å². The lowest BCUT2D eigenvalue weighted by Gasteiger charge is -2.32. The second-order valence-electron chi connectivity index (χ2n) is 10.0. The lowest BCUT2D eigenvalue weighted by molar-refractivity contribution is 0.00578. The van der Waals surface area contributed by atoms with Gasteiger partial charge in [0.1, 0.15) is 54.9 Å². The van der Waals surface area contributed by atoms with Gasteiger partial charge >= 0.3 is 7.12 Å². The second kappa shape index (κ2) is 6.34. The molecule has 0 saturated carbocycles. The maximum atomic E-state index is 6.47. The third kappa shape index (κ3) is 2.69. The van der Waals surface area contributed by atoms with Crippen LogP contribution in [0.1, 0.15) is 27.7 Å². The molecule has 1 saturated heterocycles. The van der Waals surface area contributed by atoms with E-state index in [1.165, 1.54) is 65.5 Å². The van der Waals surface area contributed by atoms with Crippen molar-refractivity contribution in [2.24, 2.45) is 0 Å². The number of nitrogens with one attached hydrogen (secondary N) is 1. The molecule has 0 amide bonds. The maximum absolute atomic E-state index is 6.47. The van der Waals surface area contributed by atoms with E-state index in [1.807, 2.05) is 0 Å². The Kier molecular flexibility index (Phi) is 4.58. The van der Waals surface area contributed by atoms with E-state index in [9.17, 15) is 0 Å². The van der Waals surface area contributed by atoms with Crippen molar-refractivity contribution in [3.8, 4) is 0 Å². The summed E-state index contributed by atoms with van der Waals surface area (Å²) in [4.78, 5) is 3.77. The topological polar surface area (TPSA) is 34.2 Å². The average molecular weight is 376 g/mol. The molecule has 140 valence electrons. The molecular formula is C18H27B8NO2. The molecule has 4 rings (SSSR count). The van der Waals surface area contributed by atoms with Gasteiger partial charge in [0.05, 0.1) is 11.2 Å². The van der Waals surface area contributed by atoms with Gasteiger partial charge in [0.2, 0.25) is 0 Å². The Morgan fingerprint density at radius 3 is 1.52 bits per heavy atom. The first kappa shape index (κ1) is 20.9. The van der Waals surface area contributed by atoms with E-state index in [1.54, 1.807) is 0 Å². The molecule has 3 aromatic rings. The number of rotatable bonds is 1. The lowest BCUT2D eigenvalue weighted by atomic mass is 9.59. The van der Waals surface area contributed by atoms with Crippen LogP contribution in [0.25, 0.3) is 21.8 Å². The number of aromatic amines is 1. The van der Waals surface area contributed by atoms with Gasteiger partial charge in [0, 0.05) is 11.0 Å². The summed E-state index contributed by atoms with van der Waals surface area (Å²) in [5.74, 6) is 0. The minimum Gasteiger partial charge on any atom is -0.399 e. The molecule has 0 bridgehead atoms.